The third-order valence-electron chi connectivity index (χ3n) is 23.1. The van der Waals surface area contributed by atoms with Gasteiger partial charge in [-0.1, -0.05) is 185 Å². The van der Waals surface area contributed by atoms with E-state index >= 15 is 0 Å². The van der Waals surface area contributed by atoms with Crippen LogP contribution in [-0.2, 0) is 0 Å². The minimum Gasteiger partial charge on any atom is -0.252 e. The topological polar surface area (TPSA) is 141 Å². The van der Waals surface area contributed by atoms with Gasteiger partial charge in [0.25, 0.3) is 0 Å². The van der Waals surface area contributed by atoms with E-state index < -0.39 is 32.3 Å². The van der Waals surface area contributed by atoms with Crippen LogP contribution in [0.1, 0.15) is 224 Å². The quantitative estimate of drug-likeness (QED) is 0.0472. The molecule has 1 radical (unpaired) electrons. The number of hydrogen-bond donors (Lipinski definition) is 1. The fraction of sp³-hybridized carbons (Fsp3) is 0.556. The molecule has 33 heteroatoms. The van der Waals surface area contributed by atoms with Crippen LogP contribution >= 0.6 is 222 Å². The van der Waals surface area contributed by atoms with Crippen molar-refractivity contribution in [2.75, 3.05) is 0 Å². The molecule has 0 spiro atoms. The summed E-state index contributed by atoms with van der Waals surface area (Å²) in [7, 11) is -2.84. The maximum atomic E-state index is 5.51. The van der Waals surface area contributed by atoms with Crippen LogP contribution in [0.4, 0.5) is 0 Å². The van der Waals surface area contributed by atoms with Crippen molar-refractivity contribution in [2.24, 2.45) is 4.30 Å². The molecule has 0 saturated heterocycles. The van der Waals surface area contributed by atoms with E-state index in [1.54, 1.807) is 74.2 Å². The normalized spacial score (nSPS) is 12.2. The SMILES string of the molecule is Brc1ncsc1-c1scnc1Br.C.CC(C)=C(C)C.CC(C)[Si](c1nc(Br)c(-c2sc([Si](C(C)C)(C(C)C)C(C)C)nc2Br)s1)(C(C)C)C(C)C.Cc1c(C)c2nc(Br)sc2c2sc(Br)nc12.Cc1c(C)c2nc([Si](C(C)C)(C(C)C)C(C)C)sc2c2sc([Si](C(C)C)(C(C)C)C(C)C)nc12.[B]=NS.c1csc(-c2cncs2)n1. The largest absolute Gasteiger partial charge is 0.252 e. The maximum absolute atomic E-state index is 5.51. The van der Waals surface area contributed by atoms with Crippen molar-refractivity contribution < 1.29 is 0 Å². The van der Waals surface area contributed by atoms with Crippen LogP contribution in [0.25, 0.3) is 70.3 Å². The molecule has 12 aromatic rings. The van der Waals surface area contributed by atoms with Gasteiger partial charge >= 0.3 is 24.8 Å². The number of aromatic nitrogens is 10. The molecule has 10 aromatic heterocycles. The summed E-state index contributed by atoms with van der Waals surface area (Å²) < 4.78 is 19.3. The van der Waals surface area contributed by atoms with E-state index in [0.29, 0.717) is 66.5 Å². The van der Waals surface area contributed by atoms with Gasteiger partial charge in [-0.2, -0.15) is 0 Å². The molecule has 114 heavy (non-hydrogen) atoms. The molecule has 0 amide bonds. The Balaban J connectivity index is 0.000000262. The number of hydrogen-bond acceptors (Lipinski definition) is 22. The number of allylic oxidation sites excluding steroid dienone is 2. The molecule has 12 rings (SSSR count). The minimum absolute atomic E-state index is 0. The van der Waals surface area contributed by atoms with Crippen molar-refractivity contribution in [3.8, 4) is 29.4 Å². The number of aryl methyl sites for hydroxylation is 4. The van der Waals surface area contributed by atoms with Gasteiger partial charge in [0, 0.05) is 17.8 Å². The summed E-state index contributed by atoms with van der Waals surface area (Å²) in [4.78, 5) is 52.7. The van der Waals surface area contributed by atoms with Crippen LogP contribution in [0.3, 0.4) is 0 Å². The van der Waals surface area contributed by atoms with Gasteiger partial charge in [-0.05, 0) is 240 Å². The van der Waals surface area contributed by atoms with Crippen molar-refractivity contribution in [3.63, 3.8) is 0 Å². The molecule has 0 fully saturated rings. The van der Waals surface area contributed by atoms with Crippen LogP contribution in [0.15, 0.2) is 76.0 Å². The number of rotatable bonds is 19. The summed E-state index contributed by atoms with van der Waals surface area (Å²) in [6, 6.07) is 0. The Hall–Kier alpha value is -0.518. The molecule has 0 aliphatic carbocycles. The van der Waals surface area contributed by atoms with E-state index in [2.05, 4.69) is 372 Å². The zero-order valence-corrected chi connectivity index (χ0v) is 94.3. The monoisotopic (exact) mass is 2190 g/mol. The third kappa shape index (κ3) is 21.9. The molecular weight excluding hydrogens is 2080 g/mol. The molecule has 10 heterocycles. The summed E-state index contributed by atoms with van der Waals surface area (Å²) in [6.45, 7) is 75.6. The first-order valence-corrected chi connectivity index (χ1v) is 60.9. The second-order valence-corrected chi connectivity index (χ2v) is 72.7. The molecule has 0 unspecified atom stereocenters. The predicted molar refractivity (Wildman–Crippen MR) is 557 cm³/mol. The summed E-state index contributed by atoms with van der Waals surface area (Å²) in [5, 5.41) is 3.03. The number of thiazole rings is 10. The van der Waals surface area contributed by atoms with Crippen LogP contribution in [0, 0.1) is 27.7 Å². The van der Waals surface area contributed by atoms with Gasteiger partial charge in [0.1, 0.15) is 55.7 Å². The standard InChI is InChI=1S/C28H48N2S2Si2.C24H42Br2N2S2Si2.C10H6Br2N2S2.C6H2Br2N2S2.C6H4N2S2.C6H12.CH4.BHNS/c1-15(2)33(16(3)4,17(5)6)27-29-23-21(13)22(14)24-26(25(23)31-27)32-28(30-24)34(18(7)8,19(9)10)20(11)12;1-13(2)31(14(3)4,15(5)6)23-27-21(25)19(29-23)20-22(26)28-24(30-20)32(16(7)8,17(9)10)18(11)12;1-3-4(2)6-8(16-10(12)14-6)7-5(3)13-9(11)15-7;7-5-3(11-1-9-5)4-6(8)10-2-12-4;1-2-9-6(8-1)5-3-7-4-10-5;1-5(2)6(3)4;;1-2-3/h15-20H,1-14H3;13-18H,1-12H3;1-2H3;1-2H;1-4H;1-4H3;1H4;3H. The molecular formula is C81H119BBr6N11S11Si4. The predicted octanol–water partition coefficient (Wildman–Crippen LogP) is 33.1. The zero-order chi connectivity index (χ0) is 85.3. The van der Waals surface area contributed by atoms with E-state index in [-0.39, 0.29) is 7.43 Å². The summed E-state index contributed by atoms with van der Waals surface area (Å²) >= 11 is 42.3. The number of fused-ring (bicyclic) bond motifs is 6. The fourth-order valence-electron chi connectivity index (χ4n) is 17.6. The van der Waals surface area contributed by atoms with Crippen LogP contribution in [0.2, 0.25) is 66.5 Å². The average Bonchev–Trinajstić information content (AvgIpc) is 1.58. The van der Waals surface area contributed by atoms with E-state index in [4.69, 9.17) is 19.9 Å². The molecule has 625 valence electrons. The van der Waals surface area contributed by atoms with Gasteiger partial charge in [0.2, 0.25) is 0 Å². The van der Waals surface area contributed by atoms with Crippen molar-refractivity contribution >= 4 is 321 Å². The van der Waals surface area contributed by atoms with Gasteiger partial charge < -0.3 is 0 Å². The Morgan fingerprint density at radius 2 is 0.632 bits per heavy atom. The number of thiol groups is 1. The molecule has 0 atom stereocenters. The Bertz CT molecular complexity index is 4700. The minimum atomic E-state index is -1.80. The Labute approximate surface area is 784 Å². The van der Waals surface area contributed by atoms with Crippen LogP contribution in [-0.4, -0.2) is 89.8 Å². The molecule has 0 aliphatic heterocycles. The van der Waals surface area contributed by atoms with Crippen LogP contribution in [0.5, 0.6) is 0 Å². The van der Waals surface area contributed by atoms with Gasteiger partial charge in [-0.25, -0.2) is 44.9 Å². The van der Waals surface area contributed by atoms with Gasteiger partial charge in [0.15, 0.2) is 7.83 Å². The molecule has 0 saturated carbocycles. The average molecular weight is 2200 g/mol. The van der Waals surface area contributed by atoms with E-state index in [1.165, 1.54) is 91.5 Å². The second-order valence-electron chi connectivity index (χ2n) is 32.8. The van der Waals surface area contributed by atoms with Crippen molar-refractivity contribution in [2.45, 2.75) is 295 Å². The number of nitrogens with zero attached hydrogens (tertiary/aromatic N) is 11. The zero-order valence-electron chi connectivity index (χ0n) is 71.7. The van der Waals surface area contributed by atoms with Gasteiger partial charge in [-0.15, -0.1) is 113 Å². The van der Waals surface area contributed by atoms with E-state index in [1.807, 2.05) is 73.5 Å². The molecule has 2 aromatic carbocycles. The first-order chi connectivity index (χ1) is 52.7. The first kappa shape index (κ1) is 104. The van der Waals surface area contributed by atoms with E-state index in [0.717, 1.165) is 56.9 Å². The fourth-order valence-corrected chi connectivity index (χ4v) is 66.5. The van der Waals surface area contributed by atoms with Crippen LogP contribution < -0.4 is 18.5 Å². The second kappa shape index (κ2) is 44.9. The Kier molecular flexibility index (Phi) is 41.0. The molecule has 0 aliphatic rings. The van der Waals surface area contributed by atoms with Gasteiger partial charge in [0.05, 0.1) is 100 Å². The number of halogens is 6. The molecule has 11 nitrogen and oxygen atoms in total. The third-order valence-corrected chi connectivity index (χ3v) is 68.8. The smallest absolute Gasteiger partial charge is 0.134 e. The molecule has 0 bridgehead atoms. The first-order valence-electron chi connectivity index (χ1n) is 38.4. The van der Waals surface area contributed by atoms with E-state index in [9.17, 15) is 0 Å². The van der Waals surface area contributed by atoms with Crippen molar-refractivity contribution in [3.05, 3.63) is 94.0 Å². The summed E-state index contributed by atoms with van der Waals surface area (Å²) in [5.41, 5.74) is 26.0. The molecule has 0 N–H and O–H groups in total. The Morgan fingerprint density at radius 3 is 0.860 bits per heavy atom. The summed E-state index contributed by atoms with van der Waals surface area (Å²) in [5.74, 6) is 0. The van der Waals surface area contributed by atoms with Gasteiger partial charge in [-0.3, -0.25) is 4.98 Å². The Morgan fingerprint density at radius 1 is 0.360 bits per heavy atom. The summed E-state index contributed by atoms with van der Waals surface area (Å²) in [6.07, 6.45) is 3.64. The van der Waals surface area contributed by atoms with Crippen molar-refractivity contribution in [1.29, 1.82) is 0 Å². The number of benzene rings is 2. The van der Waals surface area contributed by atoms with Crippen molar-refractivity contribution in [1.82, 2.24) is 49.8 Å². The maximum Gasteiger partial charge on any atom is 0.134 e.